The van der Waals surface area contributed by atoms with Crippen LogP contribution in [-0.2, 0) is 19.6 Å². The number of aromatic amines is 1. The number of nitrogens with zero attached hydrogens (tertiary/aromatic N) is 2. The first kappa shape index (κ1) is 26.4. The number of para-hydroxylation sites is 2. The Hall–Kier alpha value is -4.64. The number of benzene rings is 2. The van der Waals surface area contributed by atoms with Crippen molar-refractivity contribution in [2.24, 2.45) is 0 Å². The number of ether oxygens (including phenoxy) is 1. The molecule has 0 aliphatic carbocycles. The summed E-state index contributed by atoms with van der Waals surface area (Å²) >= 11 is 0. The summed E-state index contributed by atoms with van der Waals surface area (Å²) in [5.41, 5.74) is 2.29. The van der Waals surface area contributed by atoms with Gasteiger partial charge in [-0.3, -0.25) is 15.2 Å². The summed E-state index contributed by atoms with van der Waals surface area (Å²) in [5.74, 6) is -0.464. The Balaban J connectivity index is 1.42. The monoisotopic (exact) mass is 533 g/mol. The van der Waals surface area contributed by atoms with E-state index in [1.54, 1.807) is 75.6 Å². The zero-order valence-corrected chi connectivity index (χ0v) is 21.8. The SMILES string of the molecule is CC(C)(C)OC(=O)Nc1ccccc1NC(=O)C=Cc1ccn(S(=O)(=O)c2ccc(-c3cn[nH]c3)cc2)c1. The first-order valence-corrected chi connectivity index (χ1v) is 13.1. The molecular weight excluding hydrogens is 506 g/mol. The number of rotatable bonds is 7. The summed E-state index contributed by atoms with van der Waals surface area (Å²) in [7, 11) is -3.81. The molecule has 2 aromatic carbocycles. The molecule has 196 valence electrons. The number of aromatic nitrogens is 3. The third-order valence-corrected chi connectivity index (χ3v) is 6.85. The molecule has 2 aromatic heterocycles. The molecule has 38 heavy (non-hydrogen) atoms. The first-order valence-electron chi connectivity index (χ1n) is 11.6. The van der Waals surface area contributed by atoms with Crippen molar-refractivity contribution in [1.82, 2.24) is 14.2 Å². The van der Waals surface area contributed by atoms with Gasteiger partial charge in [-0.15, -0.1) is 0 Å². The maximum Gasteiger partial charge on any atom is 0.412 e. The van der Waals surface area contributed by atoms with Crippen LogP contribution >= 0.6 is 0 Å². The summed E-state index contributed by atoms with van der Waals surface area (Å²) in [6.07, 6.45) is 8.33. The number of carbonyl (C=O) groups excluding carboxylic acids is 2. The fourth-order valence-electron chi connectivity index (χ4n) is 3.45. The van der Waals surface area contributed by atoms with Gasteiger partial charge in [-0.25, -0.2) is 17.2 Å². The van der Waals surface area contributed by atoms with Crippen molar-refractivity contribution in [2.45, 2.75) is 31.3 Å². The molecule has 4 aromatic rings. The second-order valence-electron chi connectivity index (χ2n) is 9.29. The van der Waals surface area contributed by atoms with E-state index < -0.39 is 27.6 Å². The summed E-state index contributed by atoms with van der Waals surface area (Å²) < 4.78 is 32.4. The minimum absolute atomic E-state index is 0.128. The maximum atomic E-state index is 13.0. The molecular formula is C27H27N5O5S. The topological polar surface area (TPSA) is 135 Å². The highest BCUT2D eigenvalue weighted by Crippen LogP contribution is 2.23. The van der Waals surface area contributed by atoms with E-state index in [-0.39, 0.29) is 4.90 Å². The highest BCUT2D eigenvalue weighted by atomic mass is 32.2. The second-order valence-corrected chi connectivity index (χ2v) is 11.1. The number of hydrogen-bond donors (Lipinski definition) is 3. The van der Waals surface area contributed by atoms with Gasteiger partial charge in [-0.1, -0.05) is 24.3 Å². The minimum atomic E-state index is -3.81. The lowest BCUT2D eigenvalue weighted by Gasteiger charge is -2.20. The number of nitrogens with one attached hydrogen (secondary N) is 3. The van der Waals surface area contributed by atoms with Gasteiger partial charge >= 0.3 is 6.09 Å². The van der Waals surface area contributed by atoms with Gasteiger partial charge in [0.05, 0.1) is 22.5 Å². The Labute approximate surface area is 220 Å². The molecule has 0 aliphatic rings. The van der Waals surface area contributed by atoms with Crippen LogP contribution < -0.4 is 10.6 Å². The third-order valence-electron chi connectivity index (χ3n) is 5.20. The van der Waals surface area contributed by atoms with E-state index in [0.29, 0.717) is 16.9 Å². The molecule has 4 rings (SSSR count). The van der Waals surface area contributed by atoms with Crippen molar-refractivity contribution >= 4 is 39.5 Å². The maximum absolute atomic E-state index is 13.0. The lowest BCUT2D eigenvalue weighted by molar-refractivity contribution is -0.111. The van der Waals surface area contributed by atoms with Gasteiger partial charge in [0.15, 0.2) is 0 Å². The predicted molar refractivity (Wildman–Crippen MR) is 145 cm³/mol. The molecule has 0 spiro atoms. The molecule has 3 N–H and O–H groups in total. The molecule has 2 amide bonds. The van der Waals surface area contributed by atoms with Crippen LogP contribution in [0.4, 0.5) is 16.2 Å². The third kappa shape index (κ3) is 6.56. The van der Waals surface area contributed by atoms with Crippen molar-refractivity contribution in [3.8, 4) is 11.1 Å². The van der Waals surface area contributed by atoms with Gasteiger partial charge in [0.25, 0.3) is 10.0 Å². The van der Waals surface area contributed by atoms with Gasteiger partial charge in [-0.05, 0) is 68.3 Å². The Morgan fingerprint density at radius 1 is 0.974 bits per heavy atom. The molecule has 2 heterocycles. The lowest BCUT2D eigenvalue weighted by Crippen LogP contribution is -2.27. The highest BCUT2D eigenvalue weighted by molar-refractivity contribution is 7.90. The number of H-pyrrole nitrogens is 1. The molecule has 0 saturated heterocycles. The van der Waals surface area contributed by atoms with Crippen molar-refractivity contribution in [2.75, 3.05) is 10.6 Å². The molecule has 0 aliphatic heterocycles. The van der Waals surface area contributed by atoms with Crippen LogP contribution in [0.1, 0.15) is 26.3 Å². The summed E-state index contributed by atoms with van der Waals surface area (Å²) in [4.78, 5) is 24.8. The largest absolute Gasteiger partial charge is 0.444 e. The Morgan fingerprint density at radius 3 is 2.29 bits per heavy atom. The van der Waals surface area contributed by atoms with E-state index >= 15 is 0 Å². The lowest BCUT2D eigenvalue weighted by atomic mass is 10.1. The van der Waals surface area contributed by atoms with E-state index in [1.807, 2.05) is 0 Å². The Bertz CT molecular complexity index is 1560. The first-order chi connectivity index (χ1) is 18.0. The van der Waals surface area contributed by atoms with Gasteiger partial charge in [0, 0.05) is 30.2 Å². The number of carbonyl (C=O) groups is 2. The number of anilines is 2. The van der Waals surface area contributed by atoms with Crippen LogP contribution in [0.5, 0.6) is 0 Å². The van der Waals surface area contributed by atoms with Crippen molar-refractivity contribution < 1.29 is 22.7 Å². The standard InChI is InChI=1S/C27H27N5O5S/c1-27(2,3)37-26(34)31-24-7-5-4-6-23(24)30-25(33)13-8-19-14-15-32(18-19)38(35,36)22-11-9-20(10-12-22)21-16-28-29-17-21/h4-18H,1-3H3,(H,28,29)(H,30,33)(H,31,34). The van der Waals surface area contributed by atoms with E-state index in [0.717, 1.165) is 15.1 Å². The molecule has 0 unspecified atom stereocenters. The zero-order chi connectivity index (χ0) is 27.3. The summed E-state index contributed by atoms with van der Waals surface area (Å²) in [5, 5.41) is 11.9. The molecule has 11 heteroatoms. The Kier molecular flexibility index (Phi) is 7.49. The van der Waals surface area contributed by atoms with Crippen LogP contribution in [0.3, 0.4) is 0 Å². The van der Waals surface area contributed by atoms with E-state index in [9.17, 15) is 18.0 Å². The van der Waals surface area contributed by atoms with Crippen LogP contribution in [0.2, 0.25) is 0 Å². The summed E-state index contributed by atoms with van der Waals surface area (Å²) in [6.45, 7) is 5.26. The van der Waals surface area contributed by atoms with Crippen LogP contribution in [0.25, 0.3) is 17.2 Å². The fourth-order valence-corrected chi connectivity index (χ4v) is 4.66. The number of amides is 2. The second kappa shape index (κ2) is 10.8. The average Bonchev–Trinajstić information content (AvgIpc) is 3.56. The molecule has 10 nitrogen and oxygen atoms in total. The number of hydrogen-bond acceptors (Lipinski definition) is 6. The molecule has 0 atom stereocenters. The molecule has 0 fully saturated rings. The molecule has 0 bridgehead atoms. The summed E-state index contributed by atoms with van der Waals surface area (Å²) in [6, 6.07) is 14.8. The van der Waals surface area contributed by atoms with Gasteiger partial charge in [-0.2, -0.15) is 5.10 Å². The highest BCUT2D eigenvalue weighted by Gasteiger charge is 2.18. The van der Waals surface area contributed by atoms with E-state index in [1.165, 1.54) is 36.7 Å². The van der Waals surface area contributed by atoms with Gasteiger partial charge in [0.1, 0.15) is 5.60 Å². The van der Waals surface area contributed by atoms with Gasteiger partial charge in [0.2, 0.25) is 5.91 Å². The van der Waals surface area contributed by atoms with Crippen molar-refractivity contribution in [3.05, 3.63) is 91.0 Å². The van der Waals surface area contributed by atoms with E-state index in [4.69, 9.17) is 4.74 Å². The van der Waals surface area contributed by atoms with E-state index in [2.05, 4.69) is 20.8 Å². The van der Waals surface area contributed by atoms with Gasteiger partial charge < -0.3 is 10.1 Å². The predicted octanol–water partition coefficient (Wildman–Crippen LogP) is 5.11. The van der Waals surface area contributed by atoms with Crippen LogP contribution in [0.15, 0.2) is 90.4 Å². The van der Waals surface area contributed by atoms with Crippen LogP contribution in [-0.4, -0.2) is 40.2 Å². The van der Waals surface area contributed by atoms with Crippen LogP contribution in [0, 0.1) is 0 Å². The Morgan fingerprint density at radius 2 is 1.66 bits per heavy atom. The van der Waals surface area contributed by atoms with Crippen molar-refractivity contribution in [3.63, 3.8) is 0 Å². The fraction of sp³-hybridized carbons (Fsp3) is 0.148. The normalized spacial score (nSPS) is 11.9. The molecule has 0 saturated carbocycles. The zero-order valence-electron chi connectivity index (χ0n) is 21.0. The average molecular weight is 534 g/mol. The smallest absolute Gasteiger partial charge is 0.412 e. The quantitative estimate of drug-likeness (QED) is 0.282. The van der Waals surface area contributed by atoms with Crippen molar-refractivity contribution in [1.29, 1.82) is 0 Å². The molecule has 0 radical (unpaired) electrons. The minimum Gasteiger partial charge on any atom is -0.444 e.